The molecule has 5 aromatic rings. The van der Waals surface area contributed by atoms with Gasteiger partial charge in [-0.1, -0.05) is 42.5 Å². The van der Waals surface area contributed by atoms with Gasteiger partial charge in [0.05, 0.1) is 0 Å². The number of aromatic nitrogens is 2. The first kappa shape index (κ1) is 32.3. The summed E-state index contributed by atoms with van der Waals surface area (Å²) in [5.74, 6) is 1.81. The van der Waals surface area contributed by atoms with E-state index < -0.39 is 0 Å². The number of carbonyl (C=O) groups is 2. The third kappa shape index (κ3) is 7.66. The first-order chi connectivity index (χ1) is 23.5. The Morgan fingerprint density at radius 2 is 1.31 bits per heavy atom. The third-order valence-electron chi connectivity index (χ3n) is 8.53. The zero-order chi connectivity index (χ0) is 33.3. The molecule has 1 aromatic heterocycles. The van der Waals surface area contributed by atoms with E-state index in [-0.39, 0.29) is 25.0 Å². The summed E-state index contributed by atoms with van der Waals surface area (Å²) in [6, 6.07) is 33.3. The summed E-state index contributed by atoms with van der Waals surface area (Å²) in [6.45, 7) is 8.17. The van der Waals surface area contributed by atoms with Gasteiger partial charge in [-0.3, -0.25) is 9.59 Å². The molecule has 10 nitrogen and oxygen atoms in total. The van der Waals surface area contributed by atoms with Gasteiger partial charge in [-0.05, 0) is 74.5 Å². The number of amides is 2. The summed E-state index contributed by atoms with van der Waals surface area (Å²) < 4.78 is 11.6. The lowest BCUT2D eigenvalue weighted by atomic mass is 10.0. The summed E-state index contributed by atoms with van der Waals surface area (Å²) in [5.41, 5.74) is 3.64. The van der Waals surface area contributed by atoms with Crippen LogP contribution >= 0.6 is 0 Å². The van der Waals surface area contributed by atoms with Crippen LogP contribution in [0, 0.1) is 0 Å². The van der Waals surface area contributed by atoms with Crippen LogP contribution in [0.15, 0.2) is 103 Å². The van der Waals surface area contributed by atoms with Gasteiger partial charge >= 0.3 is 0 Å². The minimum Gasteiger partial charge on any atom is -0.484 e. The number of benzene rings is 4. The van der Waals surface area contributed by atoms with E-state index in [1.807, 2.05) is 110 Å². The third-order valence-corrected chi connectivity index (χ3v) is 8.53. The van der Waals surface area contributed by atoms with Crippen LogP contribution in [0.2, 0.25) is 0 Å². The first-order valence-corrected chi connectivity index (χ1v) is 16.4. The van der Waals surface area contributed by atoms with Crippen LogP contribution in [0.1, 0.15) is 13.8 Å². The Morgan fingerprint density at radius 1 is 0.708 bits per heavy atom. The van der Waals surface area contributed by atoms with Gasteiger partial charge in [-0.15, -0.1) is 10.2 Å². The minimum atomic E-state index is -0.0366. The molecule has 1 aliphatic rings. The first-order valence-electron chi connectivity index (χ1n) is 16.4. The second-order valence-electron chi connectivity index (χ2n) is 11.5. The van der Waals surface area contributed by atoms with Crippen molar-refractivity contribution in [3.63, 3.8) is 0 Å². The highest BCUT2D eigenvalue weighted by atomic mass is 16.5. The number of likely N-dealkylation sites (N-methyl/N-ethyl adjacent to an activating group) is 1. The van der Waals surface area contributed by atoms with E-state index in [1.165, 1.54) is 5.69 Å². The van der Waals surface area contributed by atoms with Crippen molar-refractivity contribution < 1.29 is 19.1 Å². The lowest BCUT2D eigenvalue weighted by Crippen LogP contribution is -2.50. The molecule has 0 spiro atoms. The van der Waals surface area contributed by atoms with Crippen LogP contribution in [-0.4, -0.2) is 84.3 Å². The molecule has 10 heteroatoms. The van der Waals surface area contributed by atoms with Crippen LogP contribution in [0.4, 0.5) is 17.2 Å². The average molecular weight is 645 g/mol. The monoisotopic (exact) mass is 644 g/mol. The molecular formula is C38H40N6O4. The average Bonchev–Trinajstić information content (AvgIpc) is 3.15. The number of nitrogens with zero attached hydrogens (tertiary/aromatic N) is 5. The Morgan fingerprint density at radius 3 is 1.98 bits per heavy atom. The summed E-state index contributed by atoms with van der Waals surface area (Å²) in [7, 11) is 0. The molecule has 0 radical (unpaired) electrons. The molecule has 1 N–H and O–H groups in total. The largest absolute Gasteiger partial charge is 0.484 e. The Hall–Kier alpha value is -5.64. The SMILES string of the molecule is CCN(CC)C(=O)COc1ccc(-c2nnc(Nc3ccc(OCC(=O)N4CCN(c5ccccc5)CC4)cc3)c3ccccc23)cc1. The van der Waals surface area contributed by atoms with Crippen molar-refractivity contribution in [3.05, 3.63) is 103 Å². The highest BCUT2D eigenvalue weighted by molar-refractivity contribution is 6.00. The molecule has 0 unspecified atom stereocenters. The molecule has 2 amide bonds. The van der Waals surface area contributed by atoms with E-state index >= 15 is 0 Å². The number of hydrogen-bond acceptors (Lipinski definition) is 8. The Labute approximate surface area is 280 Å². The molecular weight excluding hydrogens is 604 g/mol. The van der Waals surface area contributed by atoms with Crippen molar-refractivity contribution >= 4 is 39.8 Å². The number of anilines is 3. The Balaban J connectivity index is 1.05. The number of hydrogen-bond donors (Lipinski definition) is 1. The van der Waals surface area contributed by atoms with Gasteiger partial charge in [0, 0.05) is 67.0 Å². The van der Waals surface area contributed by atoms with Gasteiger partial charge in [0.2, 0.25) is 0 Å². The maximum Gasteiger partial charge on any atom is 0.260 e. The van der Waals surface area contributed by atoms with E-state index in [0.29, 0.717) is 43.5 Å². The highest BCUT2D eigenvalue weighted by Gasteiger charge is 2.21. The molecule has 0 saturated carbocycles. The number of rotatable bonds is 12. The highest BCUT2D eigenvalue weighted by Crippen LogP contribution is 2.32. The maximum absolute atomic E-state index is 12.8. The molecule has 0 aliphatic carbocycles. The van der Waals surface area contributed by atoms with Gasteiger partial charge in [0.1, 0.15) is 17.2 Å². The minimum absolute atomic E-state index is 0.00247. The molecule has 6 rings (SSSR count). The summed E-state index contributed by atoms with van der Waals surface area (Å²) in [6.07, 6.45) is 0. The molecule has 2 heterocycles. The fourth-order valence-electron chi connectivity index (χ4n) is 5.79. The molecule has 4 aromatic carbocycles. The maximum atomic E-state index is 12.8. The normalized spacial score (nSPS) is 12.9. The lowest BCUT2D eigenvalue weighted by molar-refractivity contribution is -0.134. The predicted octanol–water partition coefficient (Wildman–Crippen LogP) is 6.02. The van der Waals surface area contributed by atoms with Crippen molar-refractivity contribution in [1.82, 2.24) is 20.0 Å². The van der Waals surface area contributed by atoms with Crippen LogP contribution in [0.25, 0.3) is 22.0 Å². The van der Waals surface area contributed by atoms with Crippen LogP contribution in [0.5, 0.6) is 11.5 Å². The van der Waals surface area contributed by atoms with E-state index in [2.05, 4.69) is 32.5 Å². The van der Waals surface area contributed by atoms with Gasteiger partial charge in [-0.25, -0.2) is 0 Å². The van der Waals surface area contributed by atoms with Crippen LogP contribution < -0.4 is 19.7 Å². The number of ether oxygens (including phenoxy) is 2. The fourth-order valence-corrected chi connectivity index (χ4v) is 5.79. The molecule has 1 fully saturated rings. The summed E-state index contributed by atoms with van der Waals surface area (Å²) in [4.78, 5) is 31.0. The summed E-state index contributed by atoms with van der Waals surface area (Å²) in [5, 5.41) is 14.3. The number of fused-ring (bicyclic) bond motifs is 1. The van der Waals surface area contributed by atoms with E-state index in [9.17, 15) is 9.59 Å². The van der Waals surface area contributed by atoms with Crippen molar-refractivity contribution in [2.45, 2.75) is 13.8 Å². The van der Waals surface area contributed by atoms with E-state index in [4.69, 9.17) is 9.47 Å². The standard InChI is InChI=1S/C38H40N6O4/c1-3-42(4-2)35(45)26-47-31-18-14-28(15-19-31)37-33-12-8-9-13-34(33)38(41-40-37)39-29-16-20-32(21-17-29)48-27-36(46)44-24-22-43(23-25-44)30-10-6-5-7-11-30/h5-21H,3-4,22-27H2,1-2H3,(H,39,41). The zero-order valence-electron chi connectivity index (χ0n) is 27.3. The smallest absolute Gasteiger partial charge is 0.260 e. The fraction of sp³-hybridized carbons (Fsp3) is 0.263. The Bertz CT molecular complexity index is 1820. The molecule has 0 atom stereocenters. The van der Waals surface area contributed by atoms with E-state index in [0.717, 1.165) is 40.8 Å². The Kier molecular flexibility index (Phi) is 10.3. The van der Waals surface area contributed by atoms with Gasteiger partial charge in [-0.2, -0.15) is 0 Å². The van der Waals surface area contributed by atoms with Gasteiger partial charge < -0.3 is 29.5 Å². The molecule has 48 heavy (non-hydrogen) atoms. The van der Waals surface area contributed by atoms with Crippen molar-refractivity contribution in [1.29, 1.82) is 0 Å². The predicted molar refractivity (Wildman–Crippen MR) is 189 cm³/mol. The van der Waals surface area contributed by atoms with Crippen LogP contribution in [-0.2, 0) is 9.59 Å². The van der Waals surface area contributed by atoms with Crippen molar-refractivity contribution in [2.75, 3.05) is 62.7 Å². The number of carbonyl (C=O) groups excluding carboxylic acids is 2. The van der Waals surface area contributed by atoms with E-state index in [1.54, 1.807) is 4.90 Å². The molecule has 1 aliphatic heterocycles. The van der Waals surface area contributed by atoms with Gasteiger partial charge in [0.25, 0.3) is 11.8 Å². The second-order valence-corrected chi connectivity index (χ2v) is 11.5. The van der Waals surface area contributed by atoms with Crippen LogP contribution in [0.3, 0.4) is 0 Å². The lowest BCUT2D eigenvalue weighted by Gasteiger charge is -2.36. The second kappa shape index (κ2) is 15.3. The topological polar surface area (TPSA) is 100 Å². The van der Waals surface area contributed by atoms with Crippen molar-refractivity contribution in [2.24, 2.45) is 0 Å². The molecule has 1 saturated heterocycles. The van der Waals surface area contributed by atoms with Gasteiger partial charge in [0.15, 0.2) is 19.0 Å². The quantitative estimate of drug-likeness (QED) is 0.176. The number of para-hydroxylation sites is 1. The summed E-state index contributed by atoms with van der Waals surface area (Å²) >= 11 is 0. The number of piperazine rings is 1. The molecule has 246 valence electrons. The van der Waals surface area contributed by atoms with Crippen molar-refractivity contribution in [3.8, 4) is 22.8 Å². The zero-order valence-corrected chi connectivity index (χ0v) is 27.3. The molecule has 0 bridgehead atoms. The number of nitrogens with one attached hydrogen (secondary N) is 1.